The quantitative estimate of drug-likeness (QED) is 0.265. The number of hydrogen-bond acceptors (Lipinski definition) is 3. The molecule has 0 fully saturated rings. The van der Waals surface area contributed by atoms with Gasteiger partial charge >= 0.3 is 0 Å². The molecule has 0 aliphatic heterocycles. The van der Waals surface area contributed by atoms with Crippen LogP contribution in [0.4, 0.5) is 0 Å². The predicted molar refractivity (Wildman–Crippen MR) is 140 cm³/mol. The van der Waals surface area contributed by atoms with E-state index in [2.05, 4.69) is 6.07 Å². The van der Waals surface area contributed by atoms with Gasteiger partial charge in [-0.15, -0.1) is 0 Å². The summed E-state index contributed by atoms with van der Waals surface area (Å²) >= 11 is 0. The predicted octanol–water partition coefficient (Wildman–Crippen LogP) is 7.12. The van der Waals surface area contributed by atoms with Crippen LogP contribution in [0.1, 0.15) is 0 Å². The van der Waals surface area contributed by atoms with Crippen LogP contribution < -0.4 is 15.9 Å². The molecule has 162 valence electrons. The molecule has 0 atom stereocenters. The summed E-state index contributed by atoms with van der Waals surface area (Å²) in [5.41, 5.74) is 3.20. The van der Waals surface area contributed by atoms with E-state index in [-0.39, 0.29) is 0 Å². The van der Waals surface area contributed by atoms with Gasteiger partial charge in [0, 0.05) is 37.5 Å². The molecule has 2 aromatic heterocycles. The van der Waals surface area contributed by atoms with Gasteiger partial charge in [-0.3, -0.25) is 0 Å². The second-order valence-electron chi connectivity index (χ2n) is 8.47. The molecule has 7 aromatic rings. The van der Waals surface area contributed by atoms with E-state index >= 15 is 0 Å². The second-order valence-corrected chi connectivity index (χ2v) is 11.2. The zero-order chi connectivity index (χ0) is 22.7. The third kappa shape index (κ3) is 2.68. The van der Waals surface area contributed by atoms with Crippen LogP contribution >= 0.6 is 7.14 Å². The van der Waals surface area contributed by atoms with Crippen molar-refractivity contribution in [2.24, 2.45) is 0 Å². The van der Waals surface area contributed by atoms with Crippen molar-refractivity contribution in [1.29, 1.82) is 0 Å². The van der Waals surface area contributed by atoms with Crippen molar-refractivity contribution < 1.29 is 13.4 Å². The Labute approximate surface area is 195 Å². The number of hydrogen-bond donors (Lipinski definition) is 0. The van der Waals surface area contributed by atoms with Gasteiger partial charge in [0.1, 0.15) is 22.3 Å². The van der Waals surface area contributed by atoms with E-state index in [1.165, 1.54) is 0 Å². The first kappa shape index (κ1) is 19.4. The third-order valence-corrected chi connectivity index (χ3v) is 9.62. The molecular formula is C30H19O3P. The van der Waals surface area contributed by atoms with Crippen LogP contribution in [0.25, 0.3) is 43.9 Å². The van der Waals surface area contributed by atoms with Crippen molar-refractivity contribution in [3.8, 4) is 0 Å². The molecule has 3 nitrogen and oxygen atoms in total. The highest BCUT2D eigenvalue weighted by Gasteiger charge is 2.30. The van der Waals surface area contributed by atoms with Crippen LogP contribution in [0.15, 0.2) is 124 Å². The van der Waals surface area contributed by atoms with Gasteiger partial charge in [-0.1, -0.05) is 78.9 Å². The molecule has 7 rings (SSSR count). The molecule has 5 aromatic carbocycles. The van der Waals surface area contributed by atoms with E-state index in [1.807, 2.05) is 109 Å². The molecule has 0 bridgehead atoms. The van der Waals surface area contributed by atoms with Gasteiger partial charge in [0.05, 0.1) is 0 Å². The Kier molecular flexibility index (Phi) is 4.12. The minimum absolute atomic E-state index is 0.720. The summed E-state index contributed by atoms with van der Waals surface area (Å²) in [7, 11) is -3.08. The zero-order valence-corrected chi connectivity index (χ0v) is 19.0. The Hall–Kier alpha value is -4.07. The Morgan fingerprint density at radius 2 is 0.971 bits per heavy atom. The molecule has 0 unspecified atom stereocenters. The Morgan fingerprint density at radius 3 is 1.62 bits per heavy atom. The fraction of sp³-hybridized carbons (Fsp3) is 0. The van der Waals surface area contributed by atoms with Crippen molar-refractivity contribution >= 4 is 66.9 Å². The smallest absolute Gasteiger partial charge is 0.171 e. The molecule has 0 aliphatic carbocycles. The van der Waals surface area contributed by atoms with Crippen molar-refractivity contribution in [3.63, 3.8) is 0 Å². The van der Waals surface area contributed by atoms with Crippen LogP contribution in [-0.4, -0.2) is 0 Å². The van der Waals surface area contributed by atoms with Gasteiger partial charge in [-0.05, 0) is 36.4 Å². The lowest BCUT2D eigenvalue weighted by molar-refractivity contribution is 0.592. The van der Waals surface area contributed by atoms with Crippen LogP contribution in [0.2, 0.25) is 0 Å². The molecule has 0 radical (unpaired) electrons. The average Bonchev–Trinajstić information content (AvgIpc) is 3.46. The lowest BCUT2D eigenvalue weighted by Crippen LogP contribution is -2.24. The maximum atomic E-state index is 14.8. The van der Waals surface area contributed by atoms with Gasteiger partial charge in [0.25, 0.3) is 0 Å². The number of para-hydroxylation sites is 1. The molecule has 0 amide bonds. The SMILES string of the molecule is O=P(c1ccccc1)(c1ccccc1)c1ccc2c(c1)oc1ccc3oc4ccccc4c3c12. The molecule has 0 saturated carbocycles. The highest BCUT2D eigenvalue weighted by molar-refractivity contribution is 7.85. The van der Waals surface area contributed by atoms with Crippen molar-refractivity contribution in [2.75, 3.05) is 0 Å². The van der Waals surface area contributed by atoms with Gasteiger partial charge in [-0.2, -0.15) is 0 Å². The molecule has 0 aliphatic rings. The van der Waals surface area contributed by atoms with Crippen molar-refractivity contribution in [1.82, 2.24) is 0 Å². The van der Waals surface area contributed by atoms with E-state index in [0.29, 0.717) is 0 Å². The highest BCUT2D eigenvalue weighted by Crippen LogP contribution is 2.45. The summed E-state index contributed by atoms with van der Waals surface area (Å²) in [6, 6.07) is 37.3. The van der Waals surface area contributed by atoms with Crippen molar-refractivity contribution in [2.45, 2.75) is 0 Å². The van der Waals surface area contributed by atoms with E-state index in [0.717, 1.165) is 59.8 Å². The van der Waals surface area contributed by atoms with E-state index in [9.17, 15) is 4.57 Å². The lowest BCUT2D eigenvalue weighted by Gasteiger charge is -2.19. The molecule has 0 spiro atoms. The highest BCUT2D eigenvalue weighted by atomic mass is 31.2. The van der Waals surface area contributed by atoms with Crippen LogP contribution in [0.3, 0.4) is 0 Å². The standard InChI is InChI=1S/C30H19O3P/c31-34(20-9-3-1-4-10-20,21-11-5-2-6-12-21)22-15-16-24-28(19-22)33-27-18-17-26-29(30(24)27)23-13-7-8-14-25(23)32-26/h1-19H. The fourth-order valence-corrected chi connectivity index (χ4v) is 7.65. The zero-order valence-electron chi connectivity index (χ0n) is 18.1. The Bertz CT molecular complexity index is 1840. The van der Waals surface area contributed by atoms with Crippen molar-refractivity contribution in [3.05, 3.63) is 115 Å². The second kappa shape index (κ2) is 7.21. The molecular weight excluding hydrogens is 439 g/mol. The first-order valence-electron chi connectivity index (χ1n) is 11.2. The molecule has 34 heavy (non-hydrogen) atoms. The normalized spacial score (nSPS) is 12.2. The summed E-state index contributed by atoms with van der Waals surface area (Å²) < 4.78 is 27.2. The summed E-state index contributed by atoms with van der Waals surface area (Å²) in [5.74, 6) is 0. The first-order valence-corrected chi connectivity index (χ1v) is 12.9. The Morgan fingerprint density at radius 1 is 0.441 bits per heavy atom. The number of furan rings is 2. The average molecular weight is 458 g/mol. The summed E-state index contributed by atoms with van der Waals surface area (Å²) in [5, 5.41) is 6.49. The molecule has 0 N–H and O–H groups in total. The maximum absolute atomic E-state index is 14.8. The van der Waals surface area contributed by atoms with Crippen LogP contribution in [0.5, 0.6) is 0 Å². The minimum Gasteiger partial charge on any atom is -0.456 e. The third-order valence-electron chi connectivity index (χ3n) is 6.56. The van der Waals surface area contributed by atoms with Crippen LogP contribution in [0, 0.1) is 0 Å². The fourth-order valence-electron chi connectivity index (χ4n) is 4.99. The van der Waals surface area contributed by atoms with Gasteiger partial charge in [0.15, 0.2) is 7.14 Å². The number of fused-ring (bicyclic) bond motifs is 7. The molecule has 0 saturated heterocycles. The van der Waals surface area contributed by atoms with Gasteiger partial charge in [-0.25, -0.2) is 0 Å². The minimum atomic E-state index is -3.08. The van der Waals surface area contributed by atoms with Crippen LogP contribution in [-0.2, 0) is 4.57 Å². The summed E-state index contributed by atoms with van der Waals surface area (Å²) in [6.07, 6.45) is 0. The number of rotatable bonds is 3. The summed E-state index contributed by atoms with van der Waals surface area (Å²) in [6.45, 7) is 0. The monoisotopic (exact) mass is 458 g/mol. The topological polar surface area (TPSA) is 43.4 Å². The summed E-state index contributed by atoms with van der Waals surface area (Å²) in [4.78, 5) is 0. The molecule has 4 heteroatoms. The lowest BCUT2D eigenvalue weighted by atomic mass is 10.1. The Balaban J connectivity index is 1.53. The molecule has 2 heterocycles. The maximum Gasteiger partial charge on any atom is 0.171 e. The largest absolute Gasteiger partial charge is 0.456 e. The van der Waals surface area contributed by atoms with E-state index in [4.69, 9.17) is 8.83 Å². The first-order chi connectivity index (χ1) is 16.7. The van der Waals surface area contributed by atoms with E-state index < -0.39 is 7.14 Å². The van der Waals surface area contributed by atoms with Gasteiger partial charge < -0.3 is 13.4 Å². The van der Waals surface area contributed by atoms with Gasteiger partial charge in [0.2, 0.25) is 0 Å². The number of benzene rings is 5. The van der Waals surface area contributed by atoms with E-state index in [1.54, 1.807) is 0 Å².